The van der Waals surface area contributed by atoms with Crippen molar-refractivity contribution < 1.29 is 12.8 Å². The molecule has 5 nitrogen and oxygen atoms in total. The van der Waals surface area contributed by atoms with Crippen LogP contribution in [-0.2, 0) is 16.6 Å². The predicted octanol–water partition coefficient (Wildman–Crippen LogP) is 2.25. The first-order valence-corrected chi connectivity index (χ1v) is 8.67. The second-order valence-electron chi connectivity index (χ2n) is 5.93. The summed E-state index contributed by atoms with van der Waals surface area (Å²) in [6.07, 6.45) is 3.22. The van der Waals surface area contributed by atoms with E-state index in [2.05, 4.69) is 17.0 Å². The van der Waals surface area contributed by atoms with Crippen LogP contribution in [0, 0.1) is 5.41 Å². The van der Waals surface area contributed by atoms with Crippen LogP contribution in [0.15, 0.2) is 21.6 Å². The van der Waals surface area contributed by atoms with E-state index in [1.807, 2.05) is 13.8 Å². The zero-order chi connectivity index (χ0) is 14.8. The molecule has 20 heavy (non-hydrogen) atoms. The summed E-state index contributed by atoms with van der Waals surface area (Å²) < 4.78 is 32.4. The van der Waals surface area contributed by atoms with Crippen molar-refractivity contribution in [3.8, 4) is 0 Å². The second-order valence-corrected chi connectivity index (χ2v) is 7.63. The number of sulfonamides is 1. The number of hydrogen-bond acceptors (Lipinski definition) is 4. The highest BCUT2D eigenvalue weighted by Gasteiger charge is 2.41. The Kier molecular flexibility index (Phi) is 4.56. The molecule has 1 aromatic rings. The van der Waals surface area contributed by atoms with E-state index in [1.165, 1.54) is 6.07 Å². The maximum atomic E-state index is 12.1. The van der Waals surface area contributed by atoms with Crippen molar-refractivity contribution >= 4 is 10.0 Å². The highest BCUT2D eigenvalue weighted by atomic mass is 32.2. The van der Waals surface area contributed by atoms with Crippen LogP contribution in [0.25, 0.3) is 0 Å². The molecule has 0 bridgehead atoms. The Labute approximate surface area is 121 Å². The van der Waals surface area contributed by atoms with Crippen LogP contribution in [0.4, 0.5) is 0 Å². The normalized spacial score (nSPS) is 17.6. The summed E-state index contributed by atoms with van der Waals surface area (Å²) in [4.78, 5) is 0. The molecule has 1 fully saturated rings. The van der Waals surface area contributed by atoms with Crippen LogP contribution in [0.1, 0.15) is 45.8 Å². The van der Waals surface area contributed by atoms with Crippen LogP contribution in [0.3, 0.4) is 0 Å². The maximum absolute atomic E-state index is 12.1. The monoisotopic (exact) mass is 300 g/mol. The Morgan fingerprint density at radius 2 is 2.05 bits per heavy atom. The van der Waals surface area contributed by atoms with E-state index in [1.54, 1.807) is 6.07 Å². The Hall–Kier alpha value is -0.850. The molecule has 0 unspecified atom stereocenters. The Morgan fingerprint density at radius 1 is 1.35 bits per heavy atom. The van der Waals surface area contributed by atoms with Gasteiger partial charge >= 0.3 is 0 Å². The zero-order valence-corrected chi connectivity index (χ0v) is 13.2. The fourth-order valence-electron chi connectivity index (χ4n) is 2.05. The highest BCUT2D eigenvalue weighted by Crippen LogP contribution is 2.48. The van der Waals surface area contributed by atoms with E-state index < -0.39 is 10.0 Å². The number of hydrogen-bond donors (Lipinski definition) is 2. The quantitative estimate of drug-likeness (QED) is 0.772. The van der Waals surface area contributed by atoms with Gasteiger partial charge in [-0.1, -0.05) is 20.8 Å². The molecule has 1 saturated carbocycles. The van der Waals surface area contributed by atoms with Gasteiger partial charge in [0.05, 0.1) is 6.54 Å². The van der Waals surface area contributed by atoms with Crippen molar-refractivity contribution in [2.45, 2.75) is 57.7 Å². The lowest BCUT2D eigenvalue weighted by Gasteiger charge is -2.12. The average Bonchev–Trinajstić information content (AvgIpc) is 3.02. The van der Waals surface area contributed by atoms with Crippen molar-refractivity contribution in [1.29, 1.82) is 0 Å². The molecule has 2 rings (SSSR count). The molecular formula is C14H24N2O3S. The van der Waals surface area contributed by atoms with Crippen molar-refractivity contribution in [3.05, 3.63) is 17.9 Å². The van der Waals surface area contributed by atoms with Gasteiger partial charge in [0.25, 0.3) is 10.0 Å². The summed E-state index contributed by atoms with van der Waals surface area (Å²) in [6.45, 7) is 7.20. The molecule has 114 valence electrons. The van der Waals surface area contributed by atoms with Gasteiger partial charge in [0, 0.05) is 12.6 Å². The number of furan rings is 1. The van der Waals surface area contributed by atoms with Gasteiger partial charge in [-0.3, -0.25) is 0 Å². The Balaban J connectivity index is 1.95. The van der Waals surface area contributed by atoms with E-state index >= 15 is 0 Å². The molecule has 1 heterocycles. The van der Waals surface area contributed by atoms with E-state index in [0.717, 1.165) is 19.3 Å². The molecular weight excluding hydrogens is 276 g/mol. The van der Waals surface area contributed by atoms with E-state index in [-0.39, 0.29) is 10.5 Å². The van der Waals surface area contributed by atoms with E-state index in [9.17, 15) is 8.42 Å². The van der Waals surface area contributed by atoms with Gasteiger partial charge in [0.15, 0.2) is 0 Å². The first-order chi connectivity index (χ1) is 9.37. The number of nitrogens with one attached hydrogen (secondary N) is 2. The van der Waals surface area contributed by atoms with Gasteiger partial charge in [-0.15, -0.1) is 0 Å². The molecule has 6 heteroatoms. The van der Waals surface area contributed by atoms with Gasteiger partial charge in [-0.05, 0) is 36.8 Å². The summed E-state index contributed by atoms with van der Waals surface area (Å²) in [5.41, 5.74) is 0.182. The van der Waals surface area contributed by atoms with Gasteiger partial charge in [-0.2, -0.15) is 0 Å². The first kappa shape index (κ1) is 15.5. The molecule has 1 aliphatic carbocycles. The molecule has 1 aliphatic rings. The fraction of sp³-hybridized carbons (Fsp3) is 0.714. The largest absolute Gasteiger partial charge is 0.447 e. The first-order valence-electron chi connectivity index (χ1n) is 7.19. The van der Waals surface area contributed by atoms with Crippen molar-refractivity contribution in [2.24, 2.45) is 5.41 Å². The van der Waals surface area contributed by atoms with Crippen molar-refractivity contribution in [2.75, 3.05) is 6.54 Å². The van der Waals surface area contributed by atoms with Gasteiger partial charge < -0.3 is 9.73 Å². The van der Waals surface area contributed by atoms with E-state index in [0.29, 0.717) is 24.9 Å². The van der Waals surface area contributed by atoms with Crippen LogP contribution in [0.2, 0.25) is 0 Å². The standard InChI is InChI=1S/C14H24N2O3S/c1-4-14(7-8-14)10-16-20(17,18)13-6-5-12(19-13)9-15-11(2)3/h5-6,11,15-16H,4,7-10H2,1-3H3. The molecule has 1 aromatic heterocycles. The number of rotatable bonds is 8. The van der Waals surface area contributed by atoms with Crippen LogP contribution in [-0.4, -0.2) is 21.0 Å². The summed E-state index contributed by atoms with van der Waals surface area (Å²) >= 11 is 0. The smallest absolute Gasteiger partial charge is 0.273 e. The molecule has 0 aliphatic heterocycles. The molecule has 0 atom stereocenters. The molecule has 0 spiro atoms. The lowest BCUT2D eigenvalue weighted by molar-refractivity contribution is 0.390. The van der Waals surface area contributed by atoms with Crippen molar-refractivity contribution in [1.82, 2.24) is 10.0 Å². The molecule has 0 aromatic carbocycles. The minimum Gasteiger partial charge on any atom is -0.447 e. The van der Waals surface area contributed by atoms with Crippen LogP contribution < -0.4 is 10.0 Å². The molecule has 2 N–H and O–H groups in total. The predicted molar refractivity (Wildman–Crippen MR) is 77.8 cm³/mol. The van der Waals surface area contributed by atoms with Gasteiger partial charge in [0.1, 0.15) is 5.76 Å². The molecule has 0 radical (unpaired) electrons. The van der Waals surface area contributed by atoms with Crippen LogP contribution in [0.5, 0.6) is 0 Å². The average molecular weight is 300 g/mol. The minimum absolute atomic E-state index is 0.00459. The van der Waals surface area contributed by atoms with E-state index in [4.69, 9.17) is 4.42 Å². The van der Waals surface area contributed by atoms with Crippen molar-refractivity contribution in [3.63, 3.8) is 0 Å². The summed E-state index contributed by atoms with van der Waals surface area (Å²) in [5.74, 6) is 0.635. The summed E-state index contributed by atoms with van der Waals surface area (Å²) in [7, 11) is -3.53. The maximum Gasteiger partial charge on any atom is 0.273 e. The van der Waals surface area contributed by atoms with Gasteiger partial charge in [0.2, 0.25) is 5.09 Å². The lowest BCUT2D eigenvalue weighted by Crippen LogP contribution is -2.29. The third-order valence-electron chi connectivity index (χ3n) is 3.93. The second kappa shape index (κ2) is 5.87. The van der Waals surface area contributed by atoms with Gasteiger partial charge in [-0.25, -0.2) is 13.1 Å². The third kappa shape index (κ3) is 3.84. The lowest BCUT2D eigenvalue weighted by atomic mass is 10.1. The highest BCUT2D eigenvalue weighted by molar-refractivity contribution is 7.89. The molecule has 0 amide bonds. The SMILES string of the molecule is CCC1(CNS(=O)(=O)c2ccc(CNC(C)C)o2)CC1. The van der Waals surface area contributed by atoms with Crippen LogP contribution >= 0.6 is 0 Å². The fourth-order valence-corrected chi connectivity index (χ4v) is 3.16. The topological polar surface area (TPSA) is 71.3 Å². The Morgan fingerprint density at radius 3 is 2.60 bits per heavy atom. The third-order valence-corrected chi connectivity index (χ3v) is 5.20. The zero-order valence-electron chi connectivity index (χ0n) is 12.4. The minimum atomic E-state index is -3.53. The molecule has 0 saturated heterocycles. The summed E-state index contributed by atoms with van der Waals surface area (Å²) in [6, 6.07) is 3.56. The summed E-state index contributed by atoms with van der Waals surface area (Å²) in [5, 5.41) is 3.20. The Bertz CT molecular complexity index is 545.